The maximum atomic E-state index is 13.1. The van der Waals surface area contributed by atoms with Gasteiger partial charge in [-0.1, -0.05) is 29.8 Å². The molecule has 0 amide bonds. The van der Waals surface area contributed by atoms with Gasteiger partial charge in [-0.15, -0.1) is 0 Å². The lowest BCUT2D eigenvalue weighted by molar-refractivity contribution is -0.384. The number of nitro benzene ring substituents is 1. The Kier molecular flexibility index (Phi) is 7.07. The molecule has 0 N–H and O–H groups in total. The van der Waals surface area contributed by atoms with E-state index < -0.39 is 10.9 Å². The van der Waals surface area contributed by atoms with E-state index in [1.807, 2.05) is 6.92 Å². The molecule has 3 aromatic carbocycles. The van der Waals surface area contributed by atoms with Gasteiger partial charge in [0.05, 0.1) is 22.1 Å². The lowest BCUT2D eigenvalue weighted by Crippen LogP contribution is -2.06. The summed E-state index contributed by atoms with van der Waals surface area (Å²) >= 11 is 6.12. The average molecular weight is 497 g/mol. The highest BCUT2D eigenvalue weighted by Gasteiger charge is 2.26. The molecule has 3 aromatic rings. The highest BCUT2D eigenvalue weighted by molar-refractivity contribution is 6.34. The topological polar surface area (TPSA) is 100 Å². The van der Waals surface area contributed by atoms with Crippen LogP contribution in [0.25, 0.3) is 6.08 Å². The smallest absolute Gasteiger partial charge is 0.363 e. The van der Waals surface area contributed by atoms with Gasteiger partial charge in [-0.3, -0.25) is 10.1 Å². The van der Waals surface area contributed by atoms with Crippen molar-refractivity contribution < 1.29 is 28.3 Å². The van der Waals surface area contributed by atoms with Crippen molar-refractivity contribution >= 4 is 35.2 Å². The number of nitro groups is 1. The van der Waals surface area contributed by atoms with Crippen molar-refractivity contribution in [3.8, 4) is 11.5 Å². The zero-order valence-electron chi connectivity index (χ0n) is 18.4. The van der Waals surface area contributed by atoms with Gasteiger partial charge in [0, 0.05) is 12.1 Å². The minimum atomic E-state index is -0.691. The molecule has 178 valence electrons. The SMILES string of the molecule is CCOc1cc(/C=C2\N=C(c3ccc([N+](=O)[O-])cc3Cl)OC2=O)ccc1OCc1ccc(F)cc1. The van der Waals surface area contributed by atoms with E-state index in [1.54, 1.807) is 30.3 Å². The third-order valence-electron chi connectivity index (χ3n) is 4.89. The molecule has 0 saturated heterocycles. The summed E-state index contributed by atoms with van der Waals surface area (Å²) in [4.78, 5) is 26.9. The van der Waals surface area contributed by atoms with E-state index in [0.29, 0.717) is 23.7 Å². The molecule has 0 saturated carbocycles. The van der Waals surface area contributed by atoms with E-state index in [9.17, 15) is 19.3 Å². The number of halogens is 2. The Balaban J connectivity index is 1.56. The Hall–Kier alpha value is -4.24. The van der Waals surface area contributed by atoms with Crippen LogP contribution in [-0.2, 0) is 16.1 Å². The first-order chi connectivity index (χ1) is 16.8. The van der Waals surface area contributed by atoms with Crippen LogP contribution >= 0.6 is 11.6 Å². The van der Waals surface area contributed by atoms with Crippen molar-refractivity contribution in [3.63, 3.8) is 0 Å². The molecule has 4 rings (SSSR count). The molecule has 0 fully saturated rings. The Bertz CT molecular complexity index is 1350. The van der Waals surface area contributed by atoms with Gasteiger partial charge in [-0.05, 0) is 54.5 Å². The van der Waals surface area contributed by atoms with Crippen LogP contribution < -0.4 is 9.47 Å². The Morgan fingerprint density at radius 2 is 1.86 bits per heavy atom. The molecular formula is C25H18ClFN2O6. The number of esters is 1. The van der Waals surface area contributed by atoms with Gasteiger partial charge in [-0.2, -0.15) is 0 Å². The molecule has 0 aromatic heterocycles. The van der Waals surface area contributed by atoms with Gasteiger partial charge in [0.1, 0.15) is 12.4 Å². The lowest BCUT2D eigenvalue weighted by atomic mass is 10.1. The number of hydrogen-bond donors (Lipinski definition) is 0. The molecule has 0 unspecified atom stereocenters. The molecule has 0 spiro atoms. The second-order valence-corrected chi connectivity index (χ2v) is 7.72. The Morgan fingerprint density at radius 1 is 1.09 bits per heavy atom. The molecule has 10 heteroatoms. The van der Waals surface area contributed by atoms with Gasteiger partial charge in [-0.25, -0.2) is 14.2 Å². The third kappa shape index (κ3) is 5.64. The van der Waals surface area contributed by atoms with Crippen molar-refractivity contribution in [1.29, 1.82) is 0 Å². The molecule has 0 bridgehead atoms. The lowest BCUT2D eigenvalue weighted by Gasteiger charge is -2.13. The van der Waals surface area contributed by atoms with Crippen LogP contribution in [-0.4, -0.2) is 23.4 Å². The van der Waals surface area contributed by atoms with E-state index in [2.05, 4.69) is 4.99 Å². The largest absolute Gasteiger partial charge is 0.490 e. The minimum Gasteiger partial charge on any atom is -0.490 e. The van der Waals surface area contributed by atoms with Crippen molar-refractivity contribution in [2.24, 2.45) is 4.99 Å². The van der Waals surface area contributed by atoms with Crippen LogP contribution in [0.15, 0.2) is 71.4 Å². The van der Waals surface area contributed by atoms with Crippen molar-refractivity contribution in [2.75, 3.05) is 6.61 Å². The standard InChI is InChI=1S/C25H18ClFN2O6/c1-2-33-23-12-16(5-10-22(23)34-14-15-3-6-17(27)7-4-15)11-21-25(30)35-24(28-21)19-9-8-18(29(31)32)13-20(19)26/h3-13H,2,14H2,1H3/b21-11-. The molecule has 1 heterocycles. The summed E-state index contributed by atoms with van der Waals surface area (Å²) in [6, 6.07) is 14.9. The highest BCUT2D eigenvalue weighted by atomic mass is 35.5. The number of rotatable bonds is 8. The number of ether oxygens (including phenoxy) is 3. The molecule has 8 nitrogen and oxygen atoms in total. The average Bonchev–Trinajstić information content (AvgIpc) is 3.19. The predicted molar refractivity (Wildman–Crippen MR) is 127 cm³/mol. The molecule has 0 radical (unpaired) electrons. The number of non-ortho nitro benzene ring substituents is 1. The number of cyclic esters (lactones) is 1. The summed E-state index contributed by atoms with van der Waals surface area (Å²) in [5.41, 5.74) is 1.49. The fourth-order valence-corrected chi connectivity index (χ4v) is 3.47. The maximum Gasteiger partial charge on any atom is 0.363 e. The molecule has 1 aliphatic heterocycles. The van der Waals surface area contributed by atoms with Crippen LogP contribution in [0.1, 0.15) is 23.6 Å². The van der Waals surface area contributed by atoms with Crippen LogP contribution in [0.5, 0.6) is 11.5 Å². The summed E-state index contributed by atoms with van der Waals surface area (Å²) < 4.78 is 29.8. The number of benzene rings is 3. The third-order valence-corrected chi connectivity index (χ3v) is 5.21. The van der Waals surface area contributed by atoms with Crippen LogP contribution in [0.3, 0.4) is 0 Å². The van der Waals surface area contributed by atoms with Crippen molar-refractivity contribution in [2.45, 2.75) is 13.5 Å². The van der Waals surface area contributed by atoms with E-state index >= 15 is 0 Å². The predicted octanol–water partition coefficient (Wildman–Crippen LogP) is 5.71. The molecule has 1 aliphatic rings. The zero-order valence-corrected chi connectivity index (χ0v) is 19.1. The van der Waals surface area contributed by atoms with Gasteiger partial charge < -0.3 is 14.2 Å². The molecule has 35 heavy (non-hydrogen) atoms. The second-order valence-electron chi connectivity index (χ2n) is 7.31. The van der Waals surface area contributed by atoms with Gasteiger partial charge in [0.25, 0.3) is 5.69 Å². The summed E-state index contributed by atoms with van der Waals surface area (Å²) in [6.45, 7) is 2.43. The summed E-state index contributed by atoms with van der Waals surface area (Å²) in [5.74, 6) is -0.130. The van der Waals surface area contributed by atoms with E-state index in [0.717, 1.165) is 11.6 Å². The number of carbonyl (C=O) groups excluding carboxylic acids is 1. The maximum absolute atomic E-state index is 13.1. The molecule has 0 atom stereocenters. The Morgan fingerprint density at radius 3 is 2.54 bits per heavy atom. The van der Waals surface area contributed by atoms with Gasteiger partial charge in [0.2, 0.25) is 5.90 Å². The van der Waals surface area contributed by atoms with Crippen molar-refractivity contribution in [3.05, 3.63) is 104 Å². The van der Waals surface area contributed by atoms with E-state index in [-0.39, 0.29) is 40.3 Å². The van der Waals surface area contributed by atoms with Crippen LogP contribution in [0, 0.1) is 15.9 Å². The Labute approximate surface area is 204 Å². The van der Waals surface area contributed by atoms with Gasteiger partial charge >= 0.3 is 5.97 Å². The second kappa shape index (κ2) is 10.4. The number of carbonyl (C=O) groups is 1. The summed E-state index contributed by atoms with van der Waals surface area (Å²) in [6.07, 6.45) is 1.51. The quantitative estimate of drug-likeness (QED) is 0.171. The fourth-order valence-electron chi connectivity index (χ4n) is 3.22. The molecule has 0 aliphatic carbocycles. The first kappa shape index (κ1) is 23.9. The first-order valence-corrected chi connectivity index (χ1v) is 10.8. The fraction of sp³-hybridized carbons (Fsp3) is 0.120. The number of aliphatic imine (C=N–C) groups is 1. The summed E-state index contributed by atoms with van der Waals surface area (Å²) in [5, 5.41) is 10.9. The van der Waals surface area contributed by atoms with E-state index in [1.165, 1.54) is 30.3 Å². The minimum absolute atomic E-state index is 0.0249. The van der Waals surface area contributed by atoms with Gasteiger partial charge in [0.15, 0.2) is 17.2 Å². The summed E-state index contributed by atoms with van der Waals surface area (Å²) in [7, 11) is 0. The number of nitrogens with zero attached hydrogens (tertiary/aromatic N) is 2. The zero-order chi connectivity index (χ0) is 24.9. The first-order valence-electron chi connectivity index (χ1n) is 10.4. The monoisotopic (exact) mass is 496 g/mol. The normalized spacial score (nSPS) is 14.0. The molecular weight excluding hydrogens is 479 g/mol. The van der Waals surface area contributed by atoms with Crippen LogP contribution in [0.4, 0.5) is 10.1 Å². The van der Waals surface area contributed by atoms with Crippen LogP contribution in [0.2, 0.25) is 5.02 Å². The van der Waals surface area contributed by atoms with E-state index in [4.69, 9.17) is 25.8 Å². The van der Waals surface area contributed by atoms with Crippen molar-refractivity contribution in [1.82, 2.24) is 0 Å². The number of hydrogen-bond acceptors (Lipinski definition) is 7. The highest BCUT2D eigenvalue weighted by Crippen LogP contribution is 2.32.